The Morgan fingerprint density at radius 3 is 2.77 bits per heavy atom. The van der Waals surface area contributed by atoms with Crippen molar-refractivity contribution < 1.29 is 5.11 Å². The number of nitrogens with zero attached hydrogens (tertiary/aromatic N) is 2. The van der Waals surface area contributed by atoms with Crippen LogP contribution in [0.15, 0.2) is 5.38 Å². The van der Waals surface area contributed by atoms with Gasteiger partial charge in [-0.25, -0.2) is 4.98 Å². The Morgan fingerprint density at radius 2 is 2.23 bits per heavy atom. The zero-order valence-corrected chi connectivity index (χ0v) is 8.55. The van der Waals surface area contributed by atoms with Crippen LogP contribution in [0, 0.1) is 6.92 Å². The summed E-state index contributed by atoms with van der Waals surface area (Å²) in [4.78, 5) is 6.68. The lowest BCUT2D eigenvalue weighted by atomic mass is 10.1. The zero-order chi connectivity index (χ0) is 9.26. The van der Waals surface area contributed by atoms with Crippen LogP contribution in [0.1, 0.15) is 18.5 Å². The van der Waals surface area contributed by atoms with E-state index in [1.807, 2.05) is 6.92 Å². The van der Waals surface area contributed by atoms with E-state index in [1.165, 1.54) is 0 Å². The maximum absolute atomic E-state index is 9.34. The third-order valence-corrected chi connectivity index (χ3v) is 3.36. The van der Waals surface area contributed by atoms with E-state index in [-0.39, 0.29) is 6.10 Å². The van der Waals surface area contributed by atoms with Crippen molar-refractivity contribution in [3.63, 3.8) is 0 Å². The van der Waals surface area contributed by atoms with E-state index < -0.39 is 0 Å². The summed E-state index contributed by atoms with van der Waals surface area (Å²) in [5, 5.41) is 12.5. The molecule has 72 valence electrons. The number of aliphatic hydroxyl groups is 1. The molecular formula is C9H14N2OS. The molecule has 0 radical (unpaired) electrons. The van der Waals surface area contributed by atoms with Crippen LogP contribution in [0.2, 0.25) is 0 Å². The van der Waals surface area contributed by atoms with Crippen molar-refractivity contribution in [3.8, 4) is 0 Å². The molecule has 1 N–H and O–H groups in total. The first-order valence-corrected chi connectivity index (χ1v) is 5.49. The topological polar surface area (TPSA) is 36.4 Å². The number of hydrogen-bond donors (Lipinski definition) is 1. The minimum atomic E-state index is -0.0997. The van der Waals surface area contributed by atoms with Crippen molar-refractivity contribution in [2.45, 2.75) is 25.9 Å². The number of anilines is 1. The average molecular weight is 198 g/mol. The van der Waals surface area contributed by atoms with Crippen molar-refractivity contribution in [2.75, 3.05) is 18.0 Å². The smallest absolute Gasteiger partial charge is 0.185 e. The predicted octanol–water partition coefficient (Wildman–Crippen LogP) is 1.41. The summed E-state index contributed by atoms with van der Waals surface area (Å²) in [6.45, 7) is 3.89. The number of thiazole rings is 1. The van der Waals surface area contributed by atoms with Gasteiger partial charge in [0.15, 0.2) is 5.13 Å². The number of aryl methyl sites for hydroxylation is 1. The van der Waals surface area contributed by atoms with Gasteiger partial charge in [-0.1, -0.05) is 0 Å². The van der Waals surface area contributed by atoms with Gasteiger partial charge >= 0.3 is 0 Å². The number of aliphatic hydroxyl groups excluding tert-OH is 1. The number of rotatable bonds is 1. The number of aromatic nitrogens is 1. The van der Waals surface area contributed by atoms with Gasteiger partial charge in [-0.05, 0) is 19.8 Å². The number of piperidine rings is 1. The van der Waals surface area contributed by atoms with Gasteiger partial charge in [0.2, 0.25) is 0 Å². The van der Waals surface area contributed by atoms with Gasteiger partial charge in [0.05, 0.1) is 11.8 Å². The fourth-order valence-electron chi connectivity index (χ4n) is 1.54. The van der Waals surface area contributed by atoms with Gasteiger partial charge in [0, 0.05) is 18.5 Å². The predicted molar refractivity (Wildman–Crippen MR) is 54.3 cm³/mol. The van der Waals surface area contributed by atoms with Gasteiger partial charge in [-0.15, -0.1) is 11.3 Å². The van der Waals surface area contributed by atoms with Crippen molar-refractivity contribution in [1.82, 2.24) is 4.98 Å². The quantitative estimate of drug-likeness (QED) is 0.741. The van der Waals surface area contributed by atoms with Crippen LogP contribution in [-0.4, -0.2) is 29.3 Å². The first-order chi connectivity index (χ1) is 6.25. The van der Waals surface area contributed by atoms with E-state index in [1.54, 1.807) is 11.3 Å². The van der Waals surface area contributed by atoms with Gasteiger partial charge in [-0.3, -0.25) is 0 Å². The number of hydrogen-bond acceptors (Lipinski definition) is 4. The Balaban J connectivity index is 2.02. The molecule has 13 heavy (non-hydrogen) atoms. The van der Waals surface area contributed by atoms with Crippen molar-refractivity contribution >= 4 is 16.5 Å². The van der Waals surface area contributed by atoms with Crippen molar-refractivity contribution in [2.24, 2.45) is 0 Å². The molecule has 1 aromatic heterocycles. The van der Waals surface area contributed by atoms with E-state index in [0.29, 0.717) is 0 Å². The van der Waals surface area contributed by atoms with E-state index in [9.17, 15) is 5.11 Å². The fourth-order valence-corrected chi connectivity index (χ4v) is 2.40. The summed E-state index contributed by atoms with van der Waals surface area (Å²) >= 11 is 1.69. The van der Waals surface area contributed by atoms with Crippen LogP contribution in [0.3, 0.4) is 0 Å². The van der Waals surface area contributed by atoms with Gasteiger partial charge in [0.1, 0.15) is 0 Å². The summed E-state index contributed by atoms with van der Waals surface area (Å²) < 4.78 is 0. The molecule has 1 saturated heterocycles. The van der Waals surface area contributed by atoms with E-state index >= 15 is 0 Å². The molecule has 2 rings (SSSR count). The lowest BCUT2D eigenvalue weighted by Gasteiger charge is -2.29. The highest BCUT2D eigenvalue weighted by molar-refractivity contribution is 7.13. The molecule has 4 heteroatoms. The van der Waals surface area contributed by atoms with Gasteiger partial charge in [-0.2, -0.15) is 0 Å². The summed E-state index contributed by atoms with van der Waals surface area (Å²) in [5.41, 5.74) is 1.09. The molecule has 0 unspecified atom stereocenters. The largest absolute Gasteiger partial charge is 0.393 e. The Kier molecular flexibility index (Phi) is 2.51. The van der Waals surface area contributed by atoms with E-state index in [0.717, 1.165) is 36.8 Å². The first kappa shape index (κ1) is 8.97. The molecular weight excluding hydrogens is 184 g/mol. The van der Waals surface area contributed by atoms with Crippen LogP contribution >= 0.6 is 11.3 Å². The van der Waals surface area contributed by atoms with Crippen LogP contribution in [-0.2, 0) is 0 Å². The molecule has 0 atom stereocenters. The molecule has 0 aliphatic carbocycles. The van der Waals surface area contributed by atoms with Crippen LogP contribution in [0.25, 0.3) is 0 Å². The van der Waals surface area contributed by atoms with Crippen molar-refractivity contribution in [1.29, 1.82) is 0 Å². The normalized spacial score (nSPS) is 19.4. The maximum Gasteiger partial charge on any atom is 0.185 e. The summed E-state index contributed by atoms with van der Waals surface area (Å²) in [6, 6.07) is 0. The third-order valence-electron chi connectivity index (χ3n) is 2.34. The zero-order valence-electron chi connectivity index (χ0n) is 7.73. The highest BCUT2D eigenvalue weighted by Gasteiger charge is 2.18. The standard InChI is InChI=1S/C9H14N2OS/c1-7-6-13-9(10-7)11-4-2-8(12)3-5-11/h6,8,12H,2-5H2,1H3. The molecule has 3 nitrogen and oxygen atoms in total. The van der Waals surface area contributed by atoms with Crippen LogP contribution in [0.4, 0.5) is 5.13 Å². The molecule has 0 saturated carbocycles. The molecule has 0 aromatic carbocycles. The molecule has 0 spiro atoms. The highest BCUT2D eigenvalue weighted by atomic mass is 32.1. The lowest BCUT2D eigenvalue weighted by Crippen LogP contribution is -2.35. The second kappa shape index (κ2) is 3.64. The second-order valence-corrected chi connectivity index (χ2v) is 4.33. The molecule has 1 aromatic rings. The average Bonchev–Trinajstić information content (AvgIpc) is 2.53. The fraction of sp³-hybridized carbons (Fsp3) is 0.667. The highest BCUT2D eigenvalue weighted by Crippen LogP contribution is 2.23. The van der Waals surface area contributed by atoms with E-state index in [4.69, 9.17) is 0 Å². The van der Waals surface area contributed by atoms with Gasteiger partial charge in [0.25, 0.3) is 0 Å². The molecule has 1 aliphatic rings. The molecule has 1 fully saturated rings. The molecule has 0 bridgehead atoms. The Bertz CT molecular complexity index is 279. The maximum atomic E-state index is 9.34. The second-order valence-electron chi connectivity index (χ2n) is 3.49. The molecule has 1 aliphatic heterocycles. The third kappa shape index (κ3) is 2.00. The molecule has 2 heterocycles. The Labute approximate surface area is 82.0 Å². The molecule has 0 amide bonds. The van der Waals surface area contributed by atoms with E-state index in [2.05, 4.69) is 15.3 Å². The minimum absolute atomic E-state index is 0.0997. The lowest BCUT2D eigenvalue weighted by molar-refractivity contribution is 0.145. The van der Waals surface area contributed by atoms with Gasteiger partial charge < -0.3 is 10.0 Å². The summed E-state index contributed by atoms with van der Waals surface area (Å²) in [7, 11) is 0. The minimum Gasteiger partial charge on any atom is -0.393 e. The van der Waals surface area contributed by atoms with Crippen molar-refractivity contribution in [3.05, 3.63) is 11.1 Å². The van der Waals surface area contributed by atoms with Crippen LogP contribution in [0.5, 0.6) is 0 Å². The van der Waals surface area contributed by atoms with Crippen LogP contribution < -0.4 is 4.90 Å². The monoisotopic (exact) mass is 198 g/mol. The summed E-state index contributed by atoms with van der Waals surface area (Å²) in [6.07, 6.45) is 1.65. The SMILES string of the molecule is Cc1csc(N2CCC(O)CC2)n1. The summed E-state index contributed by atoms with van der Waals surface area (Å²) in [5.74, 6) is 0. The Hall–Kier alpha value is -0.610. The first-order valence-electron chi connectivity index (χ1n) is 4.61. The Morgan fingerprint density at radius 1 is 1.54 bits per heavy atom.